The van der Waals surface area contributed by atoms with Crippen LogP contribution in [-0.4, -0.2) is 15.0 Å². The maximum Gasteiger partial charge on any atom is 0.164 e. The fraction of sp³-hybridized carbons (Fsp3) is 0. The van der Waals surface area contributed by atoms with Crippen molar-refractivity contribution < 1.29 is 4.42 Å². The second kappa shape index (κ2) is 9.46. The molecule has 0 fully saturated rings. The number of para-hydroxylation sites is 1. The highest BCUT2D eigenvalue weighted by Gasteiger charge is 2.20. The fourth-order valence-corrected chi connectivity index (χ4v) is 7.27. The average molecular weight is 590 g/mol. The molecule has 0 aliphatic heterocycles. The summed E-state index contributed by atoms with van der Waals surface area (Å²) < 4.78 is 8.66. The van der Waals surface area contributed by atoms with Gasteiger partial charge in [-0.05, 0) is 47.2 Å². The lowest BCUT2D eigenvalue weighted by molar-refractivity contribution is 0.669. The van der Waals surface area contributed by atoms with Gasteiger partial charge in [0.1, 0.15) is 5.58 Å². The van der Waals surface area contributed by atoms with Gasteiger partial charge in [-0.15, -0.1) is 11.3 Å². The summed E-state index contributed by atoms with van der Waals surface area (Å²) in [5.41, 5.74) is 4.10. The minimum Gasteiger partial charge on any atom is -0.454 e. The number of aromatic nitrogens is 3. The summed E-state index contributed by atoms with van der Waals surface area (Å²) >= 11 is 8.42. The van der Waals surface area contributed by atoms with Crippen LogP contribution in [0.25, 0.3) is 87.0 Å². The third-order valence-corrected chi connectivity index (χ3v) is 9.43. The zero-order valence-electron chi connectivity index (χ0n) is 22.6. The molecule has 0 bridgehead atoms. The summed E-state index contributed by atoms with van der Waals surface area (Å²) in [6.45, 7) is 0. The van der Waals surface area contributed by atoms with Crippen LogP contribution in [0.15, 0.2) is 126 Å². The minimum atomic E-state index is 0.550. The van der Waals surface area contributed by atoms with Gasteiger partial charge in [0.15, 0.2) is 23.1 Å². The first kappa shape index (κ1) is 24.5. The second-order valence-electron chi connectivity index (χ2n) is 10.6. The smallest absolute Gasteiger partial charge is 0.164 e. The van der Waals surface area contributed by atoms with E-state index in [0.717, 1.165) is 38.4 Å². The third-order valence-electron chi connectivity index (χ3n) is 8.00. The Balaban J connectivity index is 1.31. The molecule has 0 spiro atoms. The van der Waals surface area contributed by atoms with E-state index in [9.17, 15) is 0 Å². The van der Waals surface area contributed by atoms with E-state index in [4.69, 9.17) is 31.0 Å². The van der Waals surface area contributed by atoms with Crippen LogP contribution in [0.3, 0.4) is 0 Å². The van der Waals surface area contributed by atoms with Gasteiger partial charge in [-0.3, -0.25) is 0 Å². The van der Waals surface area contributed by atoms with Crippen LogP contribution in [0.5, 0.6) is 0 Å². The van der Waals surface area contributed by atoms with Crippen LogP contribution >= 0.6 is 22.9 Å². The molecule has 6 heteroatoms. The van der Waals surface area contributed by atoms with Crippen molar-refractivity contribution in [1.29, 1.82) is 0 Å². The molecule has 202 valence electrons. The highest BCUT2D eigenvalue weighted by atomic mass is 35.5. The van der Waals surface area contributed by atoms with Gasteiger partial charge in [-0.1, -0.05) is 96.5 Å². The third kappa shape index (κ3) is 3.93. The van der Waals surface area contributed by atoms with E-state index in [2.05, 4.69) is 72.8 Å². The number of halogens is 1. The van der Waals surface area contributed by atoms with Gasteiger partial charge < -0.3 is 4.42 Å². The van der Waals surface area contributed by atoms with Crippen LogP contribution in [0.2, 0.25) is 5.02 Å². The second-order valence-corrected chi connectivity index (χ2v) is 12.1. The van der Waals surface area contributed by atoms with Crippen molar-refractivity contribution in [1.82, 2.24) is 15.0 Å². The lowest BCUT2D eigenvalue weighted by atomic mass is 10.0. The van der Waals surface area contributed by atoms with Gasteiger partial charge in [-0.25, -0.2) is 15.0 Å². The number of hydrogen-bond donors (Lipinski definition) is 0. The zero-order chi connectivity index (χ0) is 28.5. The SMILES string of the molecule is Clc1ccc(-c2nc(-c3ccc4ccccc4c3)nc(-c3ccc4c(c3)sc3ccccc34)n2)c2c1oc1ccccc12. The molecule has 0 N–H and O–H groups in total. The first-order valence-corrected chi connectivity index (χ1v) is 15.2. The summed E-state index contributed by atoms with van der Waals surface area (Å²) in [6.07, 6.45) is 0. The topological polar surface area (TPSA) is 51.8 Å². The summed E-state index contributed by atoms with van der Waals surface area (Å²) in [4.78, 5) is 15.2. The van der Waals surface area contributed by atoms with Crippen molar-refractivity contribution in [2.24, 2.45) is 0 Å². The van der Waals surface area contributed by atoms with Crippen LogP contribution in [0.1, 0.15) is 0 Å². The molecule has 9 aromatic rings. The fourth-order valence-electron chi connectivity index (χ4n) is 5.93. The Morgan fingerprint density at radius 1 is 0.535 bits per heavy atom. The molecule has 0 amide bonds. The summed E-state index contributed by atoms with van der Waals surface area (Å²) in [5, 5.41) is 7.20. The Labute approximate surface area is 254 Å². The van der Waals surface area contributed by atoms with E-state index in [1.165, 1.54) is 25.6 Å². The van der Waals surface area contributed by atoms with E-state index < -0.39 is 0 Å². The summed E-state index contributed by atoms with van der Waals surface area (Å²) in [6, 6.07) is 41.4. The lowest BCUT2D eigenvalue weighted by Gasteiger charge is -2.10. The predicted octanol–water partition coefficient (Wildman–Crippen LogP) is 10.9. The number of furan rings is 1. The zero-order valence-corrected chi connectivity index (χ0v) is 24.2. The number of rotatable bonds is 3. The van der Waals surface area contributed by atoms with Crippen molar-refractivity contribution in [2.45, 2.75) is 0 Å². The molecular weight excluding hydrogens is 570 g/mol. The molecule has 3 aromatic heterocycles. The normalized spacial score (nSPS) is 11.8. The van der Waals surface area contributed by atoms with Crippen LogP contribution in [0.4, 0.5) is 0 Å². The number of hydrogen-bond acceptors (Lipinski definition) is 5. The Kier molecular flexibility index (Phi) is 5.39. The molecule has 0 atom stereocenters. The number of benzene rings is 6. The standard InChI is InChI=1S/C37H20ClN3OS/c38-29-18-17-28(33-27-10-3-5-11-30(27)42-34(29)33)37-40-35(23-14-13-21-7-1-2-8-22(21)19-23)39-36(41-37)24-15-16-26-25-9-4-6-12-31(25)43-32(26)20-24/h1-20H. The molecule has 0 saturated carbocycles. The average Bonchev–Trinajstić information content (AvgIpc) is 3.64. The quantitative estimate of drug-likeness (QED) is 0.206. The van der Waals surface area contributed by atoms with E-state index in [1.807, 2.05) is 48.5 Å². The Morgan fingerprint density at radius 2 is 1.21 bits per heavy atom. The first-order chi connectivity index (χ1) is 21.2. The lowest BCUT2D eigenvalue weighted by Crippen LogP contribution is -2.00. The van der Waals surface area contributed by atoms with E-state index >= 15 is 0 Å². The monoisotopic (exact) mass is 589 g/mol. The molecule has 6 aromatic carbocycles. The van der Waals surface area contributed by atoms with Gasteiger partial charge in [0, 0.05) is 47.6 Å². The van der Waals surface area contributed by atoms with Crippen molar-refractivity contribution in [3.63, 3.8) is 0 Å². The molecule has 0 radical (unpaired) electrons. The van der Waals surface area contributed by atoms with Gasteiger partial charge in [0.25, 0.3) is 0 Å². The van der Waals surface area contributed by atoms with Gasteiger partial charge >= 0.3 is 0 Å². The Bertz CT molecular complexity index is 2550. The maximum absolute atomic E-state index is 6.64. The number of fused-ring (bicyclic) bond motifs is 7. The van der Waals surface area contributed by atoms with Gasteiger partial charge in [0.2, 0.25) is 0 Å². The predicted molar refractivity (Wildman–Crippen MR) is 179 cm³/mol. The molecular formula is C37H20ClN3OS. The van der Waals surface area contributed by atoms with Crippen LogP contribution in [-0.2, 0) is 0 Å². The van der Waals surface area contributed by atoms with Crippen molar-refractivity contribution in [3.8, 4) is 34.2 Å². The molecule has 0 unspecified atom stereocenters. The molecule has 3 heterocycles. The Hall–Kier alpha value is -5.10. The minimum absolute atomic E-state index is 0.550. The van der Waals surface area contributed by atoms with E-state index in [0.29, 0.717) is 28.1 Å². The maximum atomic E-state index is 6.64. The van der Waals surface area contributed by atoms with Crippen LogP contribution in [0, 0.1) is 0 Å². The first-order valence-electron chi connectivity index (χ1n) is 14.0. The van der Waals surface area contributed by atoms with Gasteiger partial charge in [-0.2, -0.15) is 0 Å². The van der Waals surface area contributed by atoms with E-state index in [-0.39, 0.29) is 0 Å². The van der Waals surface area contributed by atoms with Crippen LogP contribution < -0.4 is 0 Å². The molecule has 4 nitrogen and oxygen atoms in total. The summed E-state index contributed by atoms with van der Waals surface area (Å²) in [7, 11) is 0. The van der Waals surface area contributed by atoms with E-state index in [1.54, 1.807) is 11.3 Å². The van der Waals surface area contributed by atoms with Crippen molar-refractivity contribution >= 4 is 75.8 Å². The molecule has 0 aliphatic rings. The Morgan fingerprint density at radius 3 is 2.09 bits per heavy atom. The highest BCUT2D eigenvalue weighted by molar-refractivity contribution is 7.25. The van der Waals surface area contributed by atoms with Gasteiger partial charge in [0.05, 0.1) is 5.02 Å². The number of thiophene rings is 1. The number of nitrogens with zero attached hydrogens (tertiary/aromatic N) is 3. The van der Waals surface area contributed by atoms with Crippen molar-refractivity contribution in [3.05, 3.63) is 126 Å². The largest absolute Gasteiger partial charge is 0.454 e. The van der Waals surface area contributed by atoms with Crippen molar-refractivity contribution in [2.75, 3.05) is 0 Å². The molecule has 0 aliphatic carbocycles. The molecule has 0 saturated heterocycles. The molecule has 43 heavy (non-hydrogen) atoms. The molecule has 9 rings (SSSR count). The highest BCUT2D eigenvalue weighted by Crippen LogP contribution is 2.40. The summed E-state index contributed by atoms with van der Waals surface area (Å²) in [5.74, 6) is 1.79.